The summed E-state index contributed by atoms with van der Waals surface area (Å²) in [5, 5.41) is 7.82. The lowest BCUT2D eigenvalue weighted by Crippen LogP contribution is -2.35. The highest BCUT2D eigenvalue weighted by molar-refractivity contribution is 7.89. The molecule has 2 N–H and O–H groups in total. The quantitative estimate of drug-likeness (QED) is 0.415. The molecule has 0 bridgehead atoms. The molecule has 6 nitrogen and oxygen atoms in total. The van der Waals surface area contributed by atoms with Gasteiger partial charge < -0.3 is 5.32 Å². The van der Waals surface area contributed by atoms with E-state index in [-0.39, 0.29) is 15.9 Å². The van der Waals surface area contributed by atoms with Gasteiger partial charge in [-0.3, -0.25) is 10.1 Å². The maximum atomic E-state index is 12.8. The zero-order valence-corrected chi connectivity index (χ0v) is 19.7. The summed E-state index contributed by atoms with van der Waals surface area (Å²) < 4.78 is 27.0. The van der Waals surface area contributed by atoms with E-state index in [9.17, 15) is 13.2 Å². The number of carbonyl (C=O) groups is 1. The Labute approximate surface area is 199 Å². The Morgan fingerprint density at radius 2 is 1.61 bits per heavy atom. The highest BCUT2D eigenvalue weighted by Gasteiger charge is 2.25. The molecule has 0 unspecified atom stereocenters. The van der Waals surface area contributed by atoms with E-state index >= 15 is 0 Å². The van der Waals surface area contributed by atoms with Crippen LogP contribution in [0, 0.1) is 0 Å². The fourth-order valence-electron chi connectivity index (χ4n) is 3.84. The average molecular weight is 480 g/mol. The molecule has 1 saturated heterocycles. The van der Waals surface area contributed by atoms with E-state index in [4.69, 9.17) is 12.2 Å². The fraction of sp³-hybridized carbons (Fsp3) is 0.200. The number of nitrogens with zero attached hydrogens (tertiary/aromatic N) is 1. The molecule has 1 heterocycles. The number of benzene rings is 3. The van der Waals surface area contributed by atoms with Crippen molar-refractivity contribution in [3.63, 3.8) is 0 Å². The molecule has 33 heavy (non-hydrogen) atoms. The lowest BCUT2D eigenvalue weighted by atomic mass is 10.0. The highest BCUT2D eigenvalue weighted by Crippen LogP contribution is 2.22. The summed E-state index contributed by atoms with van der Waals surface area (Å²) in [6.45, 7) is 1.12. The van der Waals surface area contributed by atoms with Gasteiger partial charge in [-0.1, -0.05) is 48.9 Å². The van der Waals surface area contributed by atoms with E-state index in [1.807, 2.05) is 42.5 Å². The Morgan fingerprint density at radius 1 is 0.909 bits per heavy atom. The zero-order chi connectivity index (χ0) is 23.3. The van der Waals surface area contributed by atoms with Crippen LogP contribution in [0.1, 0.15) is 24.8 Å². The summed E-state index contributed by atoms with van der Waals surface area (Å²) >= 11 is 5.23. The molecule has 3 aromatic carbocycles. The van der Waals surface area contributed by atoms with Crippen LogP contribution in [0.15, 0.2) is 77.7 Å². The monoisotopic (exact) mass is 479 g/mol. The largest absolute Gasteiger partial charge is 0.332 e. The van der Waals surface area contributed by atoms with Gasteiger partial charge in [-0.2, -0.15) is 4.31 Å². The van der Waals surface area contributed by atoms with Crippen LogP contribution in [0.2, 0.25) is 0 Å². The Balaban J connectivity index is 1.35. The standard InChI is InChI=1S/C25H25N3O3S2/c29-24(16-11-20-9-6-8-19-7-2-3-10-23(19)20)27-25(32)26-21-12-14-22(15-13-21)33(30,31)28-17-4-1-5-18-28/h2-3,6-16H,1,4-5,17-18H2,(H2,26,27,29,32). The summed E-state index contributed by atoms with van der Waals surface area (Å²) in [6.07, 6.45) is 6.03. The lowest BCUT2D eigenvalue weighted by molar-refractivity contribution is -0.115. The molecule has 1 aliphatic rings. The first-order valence-corrected chi connectivity index (χ1v) is 12.7. The minimum Gasteiger partial charge on any atom is -0.332 e. The van der Waals surface area contributed by atoms with E-state index in [1.54, 1.807) is 30.3 Å². The van der Waals surface area contributed by atoms with E-state index < -0.39 is 10.0 Å². The second kappa shape index (κ2) is 10.2. The van der Waals surface area contributed by atoms with Gasteiger partial charge in [-0.25, -0.2) is 8.42 Å². The molecule has 1 fully saturated rings. The second-order valence-corrected chi connectivity index (χ2v) is 10.2. The second-order valence-electron chi connectivity index (χ2n) is 7.83. The van der Waals surface area contributed by atoms with Gasteiger partial charge in [0.2, 0.25) is 15.9 Å². The van der Waals surface area contributed by atoms with Gasteiger partial charge in [-0.05, 0) is 71.7 Å². The van der Waals surface area contributed by atoms with Crippen LogP contribution in [0.3, 0.4) is 0 Å². The molecule has 1 aliphatic heterocycles. The third-order valence-corrected chi connectivity index (χ3v) is 7.66. The van der Waals surface area contributed by atoms with Crippen LogP contribution in [0.25, 0.3) is 16.8 Å². The Bertz CT molecular complexity index is 1290. The molecular formula is C25H25N3O3S2. The average Bonchev–Trinajstić information content (AvgIpc) is 2.83. The van der Waals surface area contributed by atoms with E-state index in [0.717, 1.165) is 35.6 Å². The van der Waals surface area contributed by atoms with E-state index in [2.05, 4.69) is 10.6 Å². The number of thiocarbonyl (C=S) groups is 1. The molecule has 0 aliphatic carbocycles. The molecule has 8 heteroatoms. The lowest BCUT2D eigenvalue weighted by Gasteiger charge is -2.25. The zero-order valence-electron chi connectivity index (χ0n) is 18.0. The third kappa shape index (κ3) is 5.65. The van der Waals surface area contributed by atoms with Crippen LogP contribution < -0.4 is 10.6 Å². The molecule has 170 valence electrons. The number of nitrogens with one attached hydrogen (secondary N) is 2. The van der Waals surface area contributed by atoms with Crippen molar-refractivity contribution >= 4 is 55.8 Å². The molecule has 0 saturated carbocycles. The Morgan fingerprint density at radius 3 is 2.36 bits per heavy atom. The van der Waals surface area contributed by atoms with Crippen molar-refractivity contribution in [1.82, 2.24) is 9.62 Å². The van der Waals surface area contributed by atoms with Gasteiger partial charge in [0.15, 0.2) is 5.11 Å². The number of amides is 1. The summed E-state index contributed by atoms with van der Waals surface area (Å²) in [5.41, 5.74) is 1.53. The number of sulfonamides is 1. The van der Waals surface area contributed by atoms with Gasteiger partial charge >= 0.3 is 0 Å². The molecular weight excluding hydrogens is 454 g/mol. The van der Waals surface area contributed by atoms with Crippen LogP contribution in [0.4, 0.5) is 5.69 Å². The van der Waals surface area contributed by atoms with Crippen molar-refractivity contribution < 1.29 is 13.2 Å². The number of anilines is 1. The van der Waals surface area contributed by atoms with Gasteiger partial charge in [0.1, 0.15) is 0 Å². The van der Waals surface area contributed by atoms with Crippen molar-refractivity contribution in [2.75, 3.05) is 18.4 Å². The SMILES string of the molecule is O=C(C=Cc1cccc2ccccc12)NC(=S)Nc1ccc(S(=O)(=O)N2CCCCC2)cc1. The highest BCUT2D eigenvalue weighted by atomic mass is 32.2. The summed E-state index contributed by atoms with van der Waals surface area (Å²) in [4.78, 5) is 12.6. The molecule has 0 atom stereocenters. The summed E-state index contributed by atoms with van der Waals surface area (Å²) in [5.74, 6) is -0.357. The fourth-order valence-corrected chi connectivity index (χ4v) is 5.58. The number of fused-ring (bicyclic) bond motifs is 1. The van der Waals surface area contributed by atoms with Crippen molar-refractivity contribution in [1.29, 1.82) is 0 Å². The number of hydrogen-bond donors (Lipinski definition) is 2. The number of rotatable bonds is 5. The van der Waals surface area contributed by atoms with Crippen LogP contribution in [0.5, 0.6) is 0 Å². The van der Waals surface area contributed by atoms with Gasteiger partial charge in [-0.15, -0.1) is 0 Å². The minimum absolute atomic E-state index is 0.134. The molecule has 0 aromatic heterocycles. The van der Waals surface area contributed by atoms with Gasteiger partial charge in [0.25, 0.3) is 0 Å². The Hall–Kier alpha value is -3.07. The molecule has 3 aromatic rings. The van der Waals surface area contributed by atoms with E-state index in [0.29, 0.717) is 18.8 Å². The van der Waals surface area contributed by atoms with Crippen LogP contribution in [-0.2, 0) is 14.8 Å². The topological polar surface area (TPSA) is 78.5 Å². The van der Waals surface area contributed by atoms with E-state index in [1.165, 1.54) is 10.4 Å². The maximum Gasteiger partial charge on any atom is 0.250 e. The van der Waals surface area contributed by atoms with Crippen LogP contribution in [-0.4, -0.2) is 36.8 Å². The van der Waals surface area contributed by atoms with Gasteiger partial charge in [0, 0.05) is 24.9 Å². The van der Waals surface area contributed by atoms with Crippen molar-refractivity contribution in [3.8, 4) is 0 Å². The molecule has 0 spiro atoms. The number of hydrogen-bond acceptors (Lipinski definition) is 4. The van der Waals surface area contributed by atoms with Gasteiger partial charge in [0.05, 0.1) is 4.90 Å². The summed E-state index contributed by atoms with van der Waals surface area (Å²) in [6, 6.07) is 20.3. The first kappa shape index (κ1) is 23.1. The Kier molecular flexibility index (Phi) is 7.17. The molecule has 1 amide bonds. The number of carbonyl (C=O) groups excluding carboxylic acids is 1. The van der Waals surface area contributed by atoms with Crippen LogP contribution >= 0.6 is 12.2 Å². The number of piperidine rings is 1. The smallest absolute Gasteiger partial charge is 0.250 e. The molecule has 4 rings (SSSR count). The predicted octanol–water partition coefficient (Wildman–Crippen LogP) is 4.54. The first-order chi connectivity index (χ1) is 15.9. The summed E-state index contributed by atoms with van der Waals surface area (Å²) in [7, 11) is -3.48. The minimum atomic E-state index is -3.48. The molecule has 0 radical (unpaired) electrons. The normalized spacial score (nSPS) is 14.9. The predicted molar refractivity (Wildman–Crippen MR) is 136 cm³/mol. The third-order valence-electron chi connectivity index (χ3n) is 5.54. The van der Waals surface area contributed by atoms with Crippen molar-refractivity contribution in [3.05, 3.63) is 78.4 Å². The van der Waals surface area contributed by atoms with Crippen molar-refractivity contribution in [2.45, 2.75) is 24.2 Å². The van der Waals surface area contributed by atoms with Crippen molar-refractivity contribution in [2.24, 2.45) is 0 Å². The first-order valence-electron chi connectivity index (χ1n) is 10.8. The maximum absolute atomic E-state index is 12.8.